The minimum Gasteiger partial charge on any atom is -0.487 e. The highest BCUT2D eigenvalue weighted by Crippen LogP contribution is 2.43. The number of anilines is 1. The van der Waals surface area contributed by atoms with E-state index in [1.807, 2.05) is 11.8 Å². The number of hydrogen-bond acceptors (Lipinski definition) is 6. The summed E-state index contributed by atoms with van der Waals surface area (Å²) in [5, 5.41) is 18.2. The molecule has 1 saturated heterocycles. The standard InChI is InChI=1S/C20H21FN4O4/c1-10-9-29-19-16-12(18(26)13(20(27)28)8-25(10)16)6-14(21)17(19)24-5-3-11(7-24)15(23)2-4-22/h6,8,10-11,15H,2-3,5,7,9,23H2,1H3,(H,27,28)/t10-,11?,15?/m0/s1. The summed E-state index contributed by atoms with van der Waals surface area (Å²) in [5.41, 5.74) is 5.60. The number of pyridine rings is 1. The average Bonchev–Trinajstić information content (AvgIpc) is 3.15. The fourth-order valence-corrected chi connectivity index (χ4v) is 4.27. The highest BCUT2D eigenvalue weighted by atomic mass is 19.1. The molecule has 3 heterocycles. The number of carboxylic acids is 1. The van der Waals surface area contributed by atoms with Crippen molar-refractivity contribution in [2.75, 3.05) is 24.6 Å². The van der Waals surface area contributed by atoms with E-state index in [2.05, 4.69) is 6.07 Å². The first-order valence-corrected chi connectivity index (χ1v) is 9.48. The van der Waals surface area contributed by atoms with Gasteiger partial charge in [-0.25, -0.2) is 9.18 Å². The Kier molecular flexibility index (Phi) is 4.67. The quantitative estimate of drug-likeness (QED) is 0.803. The van der Waals surface area contributed by atoms with Crippen molar-refractivity contribution in [3.05, 3.63) is 33.9 Å². The summed E-state index contributed by atoms with van der Waals surface area (Å²) >= 11 is 0. The topological polar surface area (TPSA) is 122 Å². The van der Waals surface area contributed by atoms with Crippen LogP contribution in [0.4, 0.5) is 10.1 Å². The van der Waals surface area contributed by atoms with Gasteiger partial charge in [0, 0.05) is 25.3 Å². The Labute approximate surface area is 165 Å². The largest absolute Gasteiger partial charge is 0.487 e. The van der Waals surface area contributed by atoms with Crippen LogP contribution in [0.2, 0.25) is 0 Å². The van der Waals surface area contributed by atoms with Crippen LogP contribution < -0.4 is 20.8 Å². The molecule has 29 heavy (non-hydrogen) atoms. The van der Waals surface area contributed by atoms with Gasteiger partial charge in [0.15, 0.2) is 11.6 Å². The predicted molar refractivity (Wildman–Crippen MR) is 104 cm³/mol. The van der Waals surface area contributed by atoms with Gasteiger partial charge in [0.2, 0.25) is 5.43 Å². The van der Waals surface area contributed by atoms with E-state index in [1.165, 1.54) is 6.20 Å². The van der Waals surface area contributed by atoms with Gasteiger partial charge in [-0.2, -0.15) is 5.26 Å². The van der Waals surface area contributed by atoms with Gasteiger partial charge >= 0.3 is 5.97 Å². The molecule has 0 radical (unpaired) electrons. The number of nitrogens with zero attached hydrogens (tertiary/aromatic N) is 3. The van der Waals surface area contributed by atoms with Crippen LogP contribution in [0.15, 0.2) is 17.1 Å². The van der Waals surface area contributed by atoms with Gasteiger partial charge in [0.25, 0.3) is 0 Å². The fraction of sp³-hybridized carbons (Fsp3) is 0.450. The molecule has 4 rings (SSSR count). The normalized spacial score (nSPS) is 21.7. The first kappa shape index (κ1) is 19.2. The Hall–Kier alpha value is -3.12. The van der Waals surface area contributed by atoms with Gasteiger partial charge in [-0.05, 0) is 25.3 Å². The summed E-state index contributed by atoms with van der Waals surface area (Å²) < 4.78 is 22.7. The highest BCUT2D eigenvalue weighted by Gasteiger charge is 2.34. The van der Waals surface area contributed by atoms with Gasteiger partial charge < -0.3 is 25.0 Å². The molecular weight excluding hydrogens is 379 g/mol. The van der Waals surface area contributed by atoms with Gasteiger partial charge in [-0.3, -0.25) is 4.79 Å². The molecule has 3 N–H and O–H groups in total. The number of aromatic carboxylic acids is 1. The molecule has 0 spiro atoms. The van der Waals surface area contributed by atoms with E-state index in [0.29, 0.717) is 18.6 Å². The lowest BCUT2D eigenvalue weighted by Gasteiger charge is -2.31. The van der Waals surface area contributed by atoms with Crippen LogP contribution >= 0.6 is 0 Å². The molecule has 2 unspecified atom stereocenters. The van der Waals surface area contributed by atoms with Gasteiger partial charge in [-0.15, -0.1) is 0 Å². The predicted octanol–water partition coefficient (Wildman–Crippen LogP) is 1.86. The van der Waals surface area contributed by atoms with Gasteiger partial charge in [-0.1, -0.05) is 0 Å². The van der Waals surface area contributed by atoms with E-state index in [1.54, 1.807) is 4.57 Å². The molecule has 1 aromatic carbocycles. The summed E-state index contributed by atoms with van der Waals surface area (Å²) in [6, 6.07) is 2.67. The number of ether oxygens (including phenoxy) is 1. The molecule has 8 nitrogen and oxygen atoms in total. The maximum absolute atomic E-state index is 15.2. The number of rotatable bonds is 4. The maximum Gasteiger partial charge on any atom is 0.341 e. The second-order valence-corrected chi connectivity index (χ2v) is 7.70. The third kappa shape index (κ3) is 3.00. The summed E-state index contributed by atoms with van der Waals surface area (Å²) in [7, 11) is 0. The van der Waals surface area contributed by atoms with E-state index < -0.39 is 22.8 Å². The molecule has 3 atom stereocenters. The third-order valence-corrected chi connectivity index (χ3v) is 5.85. The number of benzene rings is 1. The molecular formula is C20H21FN4O4. The zero-order valence-corrected chi connectivity index (χ0v) is 15.9. The van der Waals surface area contributed by atoms with E-state index in [4.69, 9.17) is 15.7 Å². The van der Waals surface area contributed by atoms with Crippen LogP contribution in [0.5, 0.6) is 5.75 Å². The fourth-order valence-electron chi connectivity index (χ4n) is 4.27. The molecule has 0 bridgehead atoms. The lowest BCUT2D eigenvalue weighted by molar-refractivity contribution is 0.0694. The Morgan fingerprint density at radius 2 is 2.31 bits per heavy atom. The molecule has 2 aromatic rings. The highest BCUT2D eigenvalue weighted by molar-refractivity contribution is 5.97. The lowest BCUT2D eigenvalue weighted by Crippen LogP contribution is -2.33. The van der Waals surface area contributed by atoms with Crippen molar-refractivity contribution in [2.24, 2.45) is 11.7 Å². The number of nitriles is 1. The number of aromatic nitrogens is 1. The van der Waals surface area contributed by atoms with Crippen LogP contribution in [0.3, 0.4) is 0 Å². The maximum atomic E-state index is 15.2. The van der Waals surface area contributed by atoms with Crippen molar-refractivity contribution in [3.8, 4) is 11.8 Å². The Morgan fingerprint density at radius 3 is 3.00 bits per heavy atom. The van der Waals surface area contributed by atoms with Crippen LogP contribution in [0.25, 0.3) is 10.9 Å². The second-order valence-electron chi connectivity index (χ2n) is 7.70. The van der Waals surface area contributed by atoms with E-state index >= 15 is 4.39 Å². The summed E-state index contributed by atoms with van der Waals surface area (Å²) in [4.78, 5) is 26.0. The number of carboxylic acid groups (broad SMARTS) is 1. The minimum atomic E-state index is -1.35. The van der Waals surface area contributed by atoms with Crippen LogP contribution in [0, 0.1) is 23.1 Å². The van der Waals surface area contributed by atoms with Crippen LogP contribution in [-0.4, -0.2) is 41.4 Å². The zero-order chi connectivity index (χ0) is 20.9. The summed E-state index contributed by atoms with van der Waals surface area (Å²) in [6.45, 7) is 3.10. The number of halogens is 1. The number of hydrogen-bond donors (Lipinski definition) is 2. The van der Waals surface area contributed by atoms with Crippen molar-refractivity contribution in [2.45, 2.75) is 31.8 Å². The molecule has 2 aliphatic heterocycles. The molecule has 0 aliphatic carbocycles. The van der Waals surface area contributed by atoms with E-state index in [9.17, 15) is 14.7 Å². The number of carbonyl (C=O) groups is 1. The average molecular weight is 400 g/mol. The van der Waals surface area contributed by atoms with Crippen LogP contribution in [-0.2, 0) is 0 Å². The molecule has 1 fully saturated rings. The molecule has 152 valence electrons. The lowest BCUT2D eigenvalue weighted by atomic mass is 9.98. The molecule has 0 amide bonds. The van der Waals surface area contributed by atoms with E-state index in [-0.39, 0.29) is 47.9 Å². The SMILES string of the molecule is C[C@H]1COc2c(N3CCC(C(N)CC#N)C3)c(F)cc3c(=O)c(C(=O)O)cn1c23. The Balaban J connectivity index is 1.87. The van der Waals surface area contributed by atoms with Crippen LogP contribution in [0.1, 0.15) is 36.2 Å². The van der Waals surface area contributed by atoms with Crippen molar-refractivity contribution in [1.29, 1.82) is 5.26 Å². The summed E-state index contributed by atoms with van der Waals surface area (Å²) in [5.74, 6) is -1.68. The second kappa shape index (κ2) is 7.04. The third-order valence-electron chi connectivity index (χ3n) is 5.85. The van der Waals surface area contributed by atoms with Crippen molar-refractivity contribution in [3.63, 3.8) is 0 Å². The van der Waals surface area contributed by atoms with E-state index in [0.717, 1.165) is 12.5 Å². The molecule has 0 saturated carbocycles. The monoisotopic (exact) mass is 400 g/mol. The zero-order valence-electron chi connectivity index (χ0n) is 15.9. The molecule has 1 aromatic heterocycles. The van der Waals surface area contributed by atoms with Crippen molar-refractivity contribution >= 4 is 22.6 Å². The Morgan fingerprint density at radius 1 is 1.55 bits per heavy atom. The smallest absolute Gasteiger partial charge is 0.341 e. The summed E-state index contributed by atoms with van der Waals surface area (Å²) in [6.07, 6.45) is 2.26. The molecule has 9 heteroatoms. The van der Waals surface area contributed by atoms with Crippen molar-refractivity contribution < 1.29 is 19.0 Å². The van der Waals surface area contributed by atoms with Gasteiger partial charge in [0.1, 0.15) is 17.9 Å². The first-order chi connectivity index (χ1) is 13.8. The first-order valence-electron chi connectivity index (χ1n) is 9.48. The Bertz CT molecular complexity index is 1110. The van der Waals surface area contributed by atoms with Crippen molar-refractivity contribution in [1.82, 2.24) is 4.57 Å². The minimum absolute atomic E-state index is 0.00960. The number of nitrogens with two attached hydrogens (primary N) is 1. The molecule has 2 aliphatic rings. The van der Waals surface area contributed by atoms with Gasteiger partial charge in [0.05, 0.1) is 29.4 Å².